The van der Waals surface area contributed by atoms with Crippen molar-refractivity contribution in [3.05, 3.63) is 0 Å². The largest absolute Gasteiger partial charge is 0.367 e. The van der Waals surface area contributed by atoms with Gasteiger partial charge in [0.15, 0.2) is 0 Å². The molecule has 0 aliphatic carbocycles. The lowest BCUT2D eigenvalue weighted by molar-refractivity contribution is 0.0499. The Morgan fingerprint density at radius 3 is 2.60 bits per heavy atom. The van der Waals surface area contributed by atoms with E-state index in [2.05, 4.69) is 4.74 Å². The number of hydroxylamine groups is 1. The summed E-state index contributed by atoms with van der Waals surface area (Å²) in [6, 6.07) is 0. The summed E-state index contributed by atoms with van der Waals surface area (Å²) in [5.41, 5.74) is 1.80. The summed E-state index contributed by atoms with van der Waals surface area (Å²) in [6.45, 7) is 0.194. The highest BCUT2D eigenvalue weighted by Crippen LogP contribution is 1.48. The van der Waals surface area contributed by atoms with Crippen molar-refractivity contribution in [2.75, 3.05) is 13.8 Å². The van der Waals surface area contributed by atoms with Crippen LogP contribution in [0.15, 0.2) is 0 Å². The van der Waals surface area contributed by atoms with Gasteiger partial charge in [0.25, 0.3) is 0 Å². The zero-order valence-electron chi connectivity index (χ0n) is 3.06. The van der Waals surface area contributed by atoms with E-state index >= 15 is 0 Å². The fraction of sp³-hybridized carbons (Fsp3) is 1.00. The van der Waals surface area contributed by atoms with Gasteiger partial charge in [0.1, 0.15) is 6.73 Å². The zero-order valence-corrected chi connectivity index (χ0v) is 3.06. The molecule has 0 aromatic carbocycles. The molecule has 0 aromatic heterocycles. The van der Waals surface area contributed by atoms with Crippen LogP contribution in [-0.2, 0) is 4.74 Å². The average Bonchev–Trinajstić information content (AvgIpc) is 1.41. The van der Waals surface area contributed by atoms with Crippen molar-refractivity contribution in [1.29, 1.82) is 0 Å². The molecule has 0 saturated heterocycles. The molecule has 0 aliphatic rings. The van der Waals surface area contributed by atoms with Crippen LogP contribution in [0, 0.1) is 0 Å². The van der Waals surface area contributed by atoms with E-state index in [-0.39, 0.29) is 6.73 Å². The molecule has 0 rings (SSSR count). The smallest absolute Gasteiger partial charge is 0.118 e. The molecule has 0 aliphatic heterocycles. The molecule has 0 saturated carbocycles. The number of methoxy groups -OCH3 is 1. The van der Waals surface area contributed by atoms with Gasteiger partial charge in [-0.05, 0) is 0 Å². The van der Waals surface area contributed by atoms with Gasteiger partial charge in [-0.3, -0.25) is 0 Å². The van der Waals surface area contributed by atoms with E-state index in [1.54, 1.807) is 5.48 Å². The second-order valence-electron chi connectivity index (χ2n) is 0.591. The first-order chi connectivity index (χ1) is 2.41. The molecule has 3 heteroatoms. The van der Waals surface area contributed by atoms with Crippen molar-refractivity contribution in [2.45, 2.75) is 0 Å². The molecule has 0 spiro atoms. The summed E-state index contributed by atoms with van der Waals surface area (Å²) in [5, 5.41) is 7.69. The first-order valence-electron chi connectivity index (χ1n) is 1.27. The zero-order chi connectivity index (χ0) is 4.12. The Balaban J connectivity index is 2.19. The van der Waals surface area contributed by atoms with E-state index in [1.807, 2.05) is 0 Å². The molecule has 0 bridgehead atoms. The lowest BCUT2D eigenvalue weighted by Crippen LogP contribution is -2.09. The van der Waals surface area contributed by atoms with Gasteiger partial charge in [-0.15, -0.1) is 0 Å². The van der Waals surface area contributed by atoms with Gasteiger partial charge in [-0.25, -0.2) is 0 Å². The SMILES string of the molecule is COCNO. The number of rotatable bonds is 2. The summed E-state index contributed by atoms with van der Waals surface area (Å²) in [5.74, 6) is 0. The van der Waals surface area contributed by atoms with Crippen LogP contribution in [0.4, 0.5) is 0 Å². The van der Waals surface area contributed by atoms with Gasteiger partial charge in [0.05, 0.1) is 0 Å². The summed E-state index contributed by atoms with van der Waals surface area (Å²) in [4.78, 5) is 0. The molecule has 32 valence electrons. The molecular weight excluding hydrogens is 70.0 g/mol. The average molecular weight is 77.1 g/mol. The van der Waals surface area contributed by atoms with Gasteiger partial charge < -0.3 is 9.94 Å². The first kappa shape index (κ1) is 4.88. The fourth-order valence-corrected chi connectivity index (χ4v) is 0.0645. The van der Waals surface area contributed by atoms with Gasteiger partial charge in [0, 0.05) is 7.11 Å². The summed E-state index contributed by atoms with van der Waals surface area (Å²) >= 11 is 0. The predicted molar refractivity (Wildman–Crippen MR) is 16.8 cm³/mol. The number of ether oxygens (including phenoxy) is 1. The molecular formula is C2H7NO2. The quantitative estimate of drug-likeness (QED) is 0.347. The minimum absolute atomic E-state index is 0.194. The highest BCUT2D eigenvalue weighted by molar-refractivity contribution is 3.94. The van der Waals surface area contributed by atoms with Crippen LogP contribution in [0.25, 0.3) is 0 Å². The summed E-state index contributed by atoms with van der Waals surface area (Å²) in [7, 11) is 1.49. The molecule has 3 nitrogen and oxygen atoms in total. The lowest BCUT2D eigenvalue weighted by atomic mass is 11.3. The second kappa shape index (κ2) is 3.88. The van der Waals surface area contributed by atoms with E-state index in [4.69, 9.17) is 5.21 Å². The lowest BCUT2D eigenvalue weighted by Gasteiger charge is -1.87. The van der Waals surface area contributed by atoms with Crippen LogP contribution in [0.2, 0.25) is 0 Å². The Labute approximate surface area is 30.5 Å². The maximum Gasteiger partial charge on any atom is 0.118 e. The molecule has 0 heterocycles. The highest BCUT2D eigenvalue weighted by atomic mass is 16.5. The van der Waals surface area contributed by atoms with Crippen molar-refractivity contribution in [3.63, 3.8) is 0 Å². The molecule has 0 aromatic rings. The van der Waals surface area contributed by atoms with Crippen LogP contribution in [0.3, 0.4) is 0 Å². The van der Waals surface area contributed by atoms with E-state index in [0.29, 0.717) is 0 Å². The van der Waals surface area contributed by atoms with Crippen LogP contribution in [0.1, 0.15) is 0 Å². The van der Waals surface area contributed by atoms with Gasteiger partial charge >= 0.3 is 0 Å². The maximum absolute atomic E-state index is 7.69. The Bertz CT molecular complexity index is 15.1. The Morgan fingerprint density at radius 1 is 2.00 bits per heavy atom. The molecule has 0 amide bonds. The predicted octanol–water partition coefficient (Wildman–Crippen LogP) is -0.431. The molecule has 5 heavy (non-hydrogen) atoms. The third kappa shape index (κ3) is 3.88. The van der Waals surface area contributed by atoms with Crippen molar-refractivity contribution in [1.82, 2.24) is 5.48 Å². The first-order valence-corrected chi connectivity index (χ1v) is 1.27. The third-order valence-electron chi connectivity index (χ3n) is 0.209. The van der Waals surface area contributed by atoms with E-state index in [1.165, 1.54) is 7.11 Å². The minimum Gasteiger partial charge on any atom is -0.367 e. The monoisotopic (exact) mass is 77.0 g/mol. The number of nitrogens with one attached hydrogen (secondary N) is 1. The molecule has 0 atom stereocenters. The van der Waals surface area contributed by atoms with Crippen molar-refractivity contribution >= 4 is 0 Å². The topological polar surface area (TPSA) is 41.5 Å². The Morgan fingerprint density at radius 2 is 2.60 bits per heavy atom. The minimum atomic E-state index is 0.194. The fourth-order valence-electron chi connectivity index (χ4n) is 0.0645. The summed E-state index contributed by atoms with van der Waals surface area (Å²) in [6.07, 6.45) is 0. The van der Waals surface area contributed by atoms with Gasteiger partial charge in [0.2, 0.25) is 0 Å². The summed E-state index contributed by atoms with van der Waals surface area (Å²) < 4.78 is 4.33. The van der Waals surface area contributed by atoms with Crippen LogP contribution < -0.4 is 5.48 Å². The van der Waals surface area contributed by atoms with Crippen molar-refractivity contribution in [2.24, 2.45) is 0 Å². The van der Waals surface area contributed by atoms with E-state index < -0.39 is 0 Å². The number of hydrogen-bond acceptors (Lipinski definition) is 3. The van der Waals surface area contributed by atoms with Crippen LogP contribution in [0.5, 0.6) is 0 Å². The third-order valence-corrected chi connectivity index (χ3v) is 0.209. The Hall–Kier alpha value is -0.120. The Kier molecular flexibility index (Phi) is 3.79. The van der Waals surface area contributed by atoms with E-state index in [9.17, 15) is 0 Å². The van der Waals surface area contributed by atoms with Crippen LogP contribution in [-0.4, -0.2) is 19.0 Å². The van der Waals surface area contributed by atoms with Gasteiger partial charge in [-0.2, -0.15) is 5.48 Å². The normalized spacial score (nSPS) is 8.40. The van der Waals surface area contributed by atoms with E-state index in [0.717, 1.165) is 0 Å². The molecule has 0 unspecified atom stereocenters. The van der Waals surface area contributed by atoms with Crippen molar-refractivity contribution in [3.8, 4) is 0 Å². The van der Waals surface area contributed by atoms with Crippen LogP contribution >= 0.6 is 0 Å². The second-order valence-corrected chi connectivity index (χ2v) is 0.591. The number of hydrogen-bond donors (Lipinski definition) is 2. The highest BCUT2D eigenvalue weighted by Gasteiger charge is 1.63. The molecule has 0 fully saturated rings. The standard InChI is InChI=1S/C2H7NO2/c1-5-2-3-4/h3-4H,2H2,1H3. The molecule has 0 radical (unpaired) electrons. The maximum atomic E-state index is 7.69. The van der Waals surface area contributed by atoms with Gasteiger partial charge in [-0.1, -0.05) is 0 Å². The van der Waals surface area contributed by atoms with Crippen molar-refractivity contribution < 1.29 is 9.94 Å². The molecule has 2 N–H and O–H groups in total.